The van der Waals surface area contributed by atoms with E-state index in [1.54, 1.807) is 0 Å². The van der Waals surface area contributed by atoms with E-state index in [1.807, 2.05) is 18.2 Å². The number of nitriles is 1. The van der Waals surface area contributed by atoms with Crippen molar-refractivity contribution in [2.75, 3.05) is 38.1 Å². The summed E-state index contributed by atoms with van der Waals surface area (Å²) in [6, 6.07) is 7.82. The second kappa shape index (κ2) is 9.63. The van der Waals surface area contributed by atoms with Crippen LogP contribution in [0.15, 0.2) is 38.9 Å². The third kappa shape index (κ3) is 4.68. The van der Waals surface area contributed by atoms with Gasteiger partial charge in [-0.1, -0.05) is 35.2 Å². The molecule has 1 aromatic carbocycles. The minimum Gasteiger partial charge on any atom is -0.461 e. The number of hydrogen-bond donors (Lipinski definition) is 2. The summed E-state index contributed by atoms with van der Waals surface area (Å²) in [5, 5.41) is 16.5. The fourth-order valence-electron chi connectivity index (χ4n) is 4.17. The maximum absolute atomic E-state index is 12.9. The highest BCUT2D eigenvalue weighted by atomic mass is 79.9. The monoisotopic (exact) mass is 471 g/mol. The number of amidine groups is 1. The Morgan fingerprint density at radius 1 is 1.27 bits per heavy atom. The van der Waals surface area contributed by atoms with Crippen molar-refractivity contribution in [2.24, 2.45) is 10.9 Å². The number of carbonyl (C=O) groups excluding carboxylic acids is 1. The number of hydrogen-bond acceptors (Lipinski definition) is 7. The van der Waals surface area contributed by atoms with Crippen LogP contribution < -0.4 is 10.6 Å². The molecule has 3 aliphatic rings. The third-order valence-corrected chi connectivity index (χ3v) is 6.32. The van der Waals surface area contributed by atoms with Gasteiger partial charge in [-0.3, -0.25) is 0 Å². The largest absolute Gasteiger partial charge is 0.461 e. The zero-order valence-corrected chi connectivity index (χ0v) is 18.5. The van der Waals surface area contributed by atoms with Crippen LogP contribution in [0.1, 0.15) is 32.1 Å². The molecule has 1 saturated carbocycles. The van der Waals surface area contributed by atoms with Gasteiger partial charge in [-0.05, 0) is 37.0 Å². The fourth-order valence-corrected chi connectivity index (χ4v) is 4.53. The Kier molecular flexibility index (Phi) is 6.70. The van der Waals surface area contributed by atoms with Crippen molar-refractivity contribution in [1.29, 1.82) is 5.26 Å². The molecule has 0 amide bonds. The third-order valence-electron chi connectivity index (χ3n) is 5.83. The molecule has 1 aliphatic carbocycles. The number of piperazine rings is 1. The van der Waals surface area contributed by atoms with E-state index >= 15 is 0 Å². The average Bonchev–Trinajstić information content (AvgIpc) is 2.79. The molecule has 2 fully saturated rings. The van der Waals surface area contributed by atoms with E-state index in [0.717, 1.165) is 54.9 Å². The van der Waals surface area contributed by atoms with Crippen molar-refractivity contribution in [1.82, 2.24) is 10.2 Å². The van der Waals surface area contributed by atoms with Crippen LogP contribution in [0.3, 0.4) is 0 Å². The van der Waals surface area contributed by atoms with Gasteiger partial charge in [-0.15, -0.1) is 0 Å². The molecule has 0 unspecified atom stereocenters. The fraction of sp³-hybridized carbons (Fsp3) is 0.500. The van der Waals surface area contributed by atoms with Crippen LogP contribution in [0.5, 0.6) is 0 Å². The van der Waals surface area contributed by atoms with Gasteiger partial charge in [0.25, 0.3) is 0 Å². The molecule has 1 aromatic rings. The number of esters is 1. The van der Waals surface area contributed by atoms with E-state index in [-0.39, 0.29) is 5.57 Å². The topological polar surface area (TPSA) is 89.8 Å². The molecule has 0 radical (unpaired) electrons. The van der Waals surface area contributed by atoms with Crippen molar-refractivity contribution in [3.8, 4) is 6.07 Å². The lowest BCUT2D eigenvalue weighted by molar-refractivity contribution is -0.140. The first-order chi connectivity index (χ1) is 14.7. The molecular weight excluding hydrogens is 446 g/mol. The molecule has 2 heterocycles. The molecule has 2 N–H and O–H groups in total. The molecular formula is C22H26BrN5O2. The number of aliphatic imine (C=N–C) groups is 1. The van der Waals surface area contributed by atoms with Gasteiger partial charge in [0.15, 0.2) is 11.4 Å². The highest BCUT2D eigenvalue weighted by Gasteiger charge is 2.30. The standard InChI is InChI=1S/C22H26BrN5O2/c23-16-6-7-18-19(12-16)26-20(21(27-18)28-10-8-25-9-11-28)17(13-24)22(29)30-14-15-4-2-1-3-5-15/h6-7,12,15,25-26H,1-5,8-11,14H2/b20-17+. The van der Waals surface area contributed by atoms with Crippen molar-refractivity contribution in [3.63, 3.8) is 0 Å². The van der Waals surface area contributed by atoms with Crippen molar-refractivity contribution in [2.45, 2.75) is 32.1 Å². The number of carbonyl (C=O) groups is 1. The number of anilines is 1. The van der Waals surface area contributed by atoms with E-state index in [1.165, 1.54) is 19.3 Å². The molecule has 30 heavy (non-hydrogen) atoms. The minimum atomic E-state index is -0.577. The summed E-state index contributed by atoms with van der Waals surface area (Å²) in [5.41, 5.74) is 1.95. The van der Waals surface area contributed by atoms with E-state index in [0.29, 0.717) is 24.1 Å². The Bertz CT molecular complexity index is 909. The number of nitrogens with zero attached hydrogens (tertiary/aromatic N) is 3. The van der Waals surface area contributed by atoms with Gasteiger partial charge >= 0.3 is 5.97 Å². The van der Waals surface area contributed by atoms with Crippen LogP contribution in [-0.2, 0) is 9.53 Å². The van der Waals surface area contributed by atoms with E-state index < -0.39 is 5.97 Å². The highest BCUT2D eigenvalue weighted by molar-refractivity contribution is 9.10. The summed E-state index contributed by atoms with van der Waals surface area (Å²) < 4.78 is 6.48. The number of rotatable bonds is 3. The quantitative estimate of drug-likeness (QED) is 0.396. The second-order valence-electron chi connectivity index (χ2n) is 7.92. The van der Waals surface area contributed by atoms with Crippen molar-refractivity contribution in [3.05, 3.63) is 33.9 Å². The summed E-state index contributed by atoms with van der Waals surface area (Å²) in [5.74, 6) is 0.439. The van der Waals surface area contributed by atoms with Gasteiger partial charge in [0, 0.05) is 30.7 Å². The Balaban J connectivity index is 1.63. The van der Waals surface area contributed by atoms with Crippen LogP contribution in [0.25, 0.3) is 0 Å². The molecule has 158 valence electrons. The molecule has 1 saturated heterocycles. The molecule has 4 rings (SSSR count). The van der Waals surface area contributed by atoms with Crippen LogP contribution in [0.4, 0.5) is 11.4 Å². The first-order valence-corrected chi connectivity index (χ1v) is 11.4. The maximum atomic E-state index is 12.9. The molecule has 0 aromatic heterocycles. The summed E-state index contributed by atoms with van der Waals surface area (Å²) in [6.07, 6.45) is 5.78. The highest BCUT2D eigenvalue weighted by Crippen LogP contribution is 2.35. The van der Waals surface area contributed by atoms with Gasteiger partial charge in [0.05, 0.1) is 18.0 Å². The van der Waals surface area contributed by atoms with Crippen LogP contribution >= 0.6 is 15.9 Å². The summed E-state index contributed by atoms with van der Waals surface area (Å²) in [7, 11) is 0. The zero-order valence-electron chi connectivity index (χ0n) is 16.9. The number of nitrogens with one attached hydrogen (secondary N) is 2. The normalized spacial score (nSPS) is 21.1. The number of ether oxygens (including phenoxy) is 1. The summed E-state index contributed by atoms with van der Waals surface area (Å²) in [4.78, 5) is 19.8. The Morgan fingerprint density at radius 3 is 2.77 bits per heavy atom. The zero-order chi connectivity index (χ0) is 20.9. The smallest absolute Gasteiger partial charge is 0.351 e. The maximum Gasteiger partial charge on any atom is 0.351 e. The molecule has 7 nitrogen and oxygen atoms in total. The second-order valence-corrected chi connectivity index (χ2v) is 8.84. The van der Waals surface area contributed by atoms with Crippen LogP contribution in [0.2, 0.25) is 0 Å². The van der Waals surface area contributed by atoms with Crippen LogP contribution in [-0.4, -0.2) is 49.5 Å². The van der Waals surface area contributed by atoms with E-state index in [4.69, 9.17) is 9.73 Å². The molecule has 2 aliphatic heterocycles. The molecule has 0 bridgehead atoms. The first kappa shape index (κ1) is 20.9. The van der Waals surface area contributed by atoms with Crippen LogP contribution in [0, 0.1) is 17.2 Å². The lowest BCUT2D eigenvalue weighted by Gasteiger charge is -2.34. The number of benzene rings is 1. The van der Waals surface area contributed by atoms with Crippen molar-refractivity contribution < 1.29 is 9.53 Å². The predicted molar refractivity (Wildman–Crippen MR) is 119 cm³/mol. The van der Waals surface area contributed by atoms with Gasteiger partial charge in [-0.2, -0.15) is 5.26 Å². The van der Waals surface area contributed by atoms with E-state index in [9.17, 15) is 10.1 Å². The van der Waals surface area contributed by atoms with Gasteiger partial charge in [0.2, 0.25) is 0 Å². The Morgan fingerprint density at radius 2 is 2.03 bits per heavy atom. The summed E-state index contributed by atoms with van der Waals surface area (Å²) >= 11 is 3.47. The summed E-state index contributed by atoms with van der Waals surface area (Å²) in [6.45, 7) is 3.54. The molecule has 0 atom stereocenters. The number of halogens is 1. The van der Waals surface area contributed by atoms with Crippen molar-refractivity contribution >= 4 is 39.1 Å². The average molecular weight is 472 g/mol. The number of fused-ring (bicyclic) bond motifs is 1. The van der Waals surface area contributed by atoms with E-state index in [2.05, 4.69) is 37.5 Å². The first-order valence-electron chi connectivity index (χ1n) is 10.6. The minimum absolute atomic E-state index is 0.0197. The SMILES string of the molecule is N#C/C(C(=O)OCC1CCCCC1)=C1\Nc2cc(Br)ccc2N=C1N1CCNCC1. The molecule has 0 spiro atoms. The lowest BCUT2D eigenvalue weighted by atomic mass is 9.90. The lowest BCUT2D eigenvalue weighted by Crippen LogP contribution is -2.48. The Hall–Kier alpha value is -2.37. The van der Waals surface area contributed by atoms with Gasteiger partial charge in [-0.25, -0.2) is 9.79 Å². The molecule has 8 heteroatoms. The predicted octanol–water partition coefficient (Wildman–Crippen LogP) is 3.71. The van der Waals surface area contributed by atoms with Gasteiger partial charge < -0.3 is 20.3 Å². The van der Waals surface area contributed by atoms with Gasteiger partial charge in [0.1, 0.15) is 11.8 Å². The Labute approximate surface area is 185 Å².